The zero-order chi connectivity index (χ0) is 17.1. The van der Waals surface area contributed by atoms with Crippen LogP contribution in [-0.4, -0.2) is 26.4 Å². The third kappa shape index (κ3) is 3.42. The summed E-state index contributed by atoms with van der Waals surface area (Å²) in [4.78, 5) is 22.9. The van der Waals surface area contributed by atoms with Crippen LogP contribution in [0.5, 0.6) is 0 Å². The number of benzene rings is 1. The van der Waals surface area contributed by atoms with E-state index in [0.717, 1.165) is 16.8 Å². The zero-order valence-corrected chi connectivity index (χ0v) is 13.6. The molecule has 1 fully saturated rings. The van der Waals surface area contributed by atoms with Crippen molar-refractivity contribution in [2.45, 2.75) is 0 Å². The monoisotopic (exact) mass is 359 g/mol. The Bertz CT molecular complexity index is 857. The molecular formula is C15H9N3O4S2. The number of thiocarbonyl (C=S) groups is 1. The summed E-state index contributed by atoms with van der Waals surface area (Å²) in [5.41, 5.74) is 0.652. The molecule has 0 unspecified atom stereocenters. The molecule has 120 valence electrons. The first kappa shape index (κ1) is 16.1. The summed E-state index contributed by atoms with van der Waals surface area (Å²) in [5, 5.41) is 15.8. The molecule has 1 aromatic heterocycles. The number of amides is 1. The molecule has 1 amide bonds. The maximum Gasteiger partial charge on any atom is 0.286 e. The predicted molar refractivity (Wildman–Crippen MR) is 94.4 cm³/mol. The molecule has 0 spiro atoms. The molecule has 9 heteroatoms. The molecule has 1 saturated heterocycles. The van der Waals surface area contributed by atoms with Crippen LogP contribution < -0.4 is 0 Å². The molecule has 0 N–H and O–H groups in total. The van der Waals surface area contributed by atoms with E-state index in [1.165, 1.54) is 24.6 Å². The van der Waals surface area contributed by atoms with E-state index in [1.54, 1.807) is 30.3 Å². The lowest BCUT2D eigenvalue weighted by Crippen LogP contribution is -2.22. The van der Waals surface area contributed by atoms with E-state index in [2.05, 4.69) is 5.10 Å². The third-order valence-electron chi connectivity index (χ3n) is 3.02. The molecule has 1 aliphatic heterocycles. The van der Waals surface area contributed by atoms with Crippen molar-refractivity contribution in [3.63, 3.8) is 0 Å². The van der Waals surface area contributed by atoms with Crippen LogP contribution in [0.3, 0.4) is 0 Å². The van der Waals surface area contributed by atoms with E-state index in [9.17, 15) is 14.9 Å². The smallest absolute Gasteiger partial charge is 0.286 e. The van der Waals surface area contributed by atoms with Crippen LogP contribution >= 0.6 is 24.0 Å². The van der Waals surface area contributed by atoms with Gasteiger partial charge in [-0.2, -0.15) is 10.1 Å². The first-order valence-corrected chi connectivity index (χ1v) is 7.87. The predicted octanol–water partition coefficient (Wildman–Crippen LogP) is 3.42. The molecule has 1 aliphatic rings. The number of nitrogens with zero attached hydrogens (tertiary/aromatic N) is 3. The molecule has 0 saturated carbocycles. The first-order valence-electron chi connectivity index (χ1n) is 6.64. The van der Waals surface area contributed by atoms with Gasteiger partial charge in [0.05, 0.1) is 22.3 Å². The average Bonchev–Trinajstić information content (AvgIpc) is 3.16. The van der Waals surface area contributed by atoms with Crippen LogP contribution in [0, 0.1) is 10.1 Å². The van der Waals surface area contributed by atoms with Gasteiger partial charge in [-0.3, -0.25) is 14.9 Å². The van der Waals surface area contributed by atoms with Gasteiger partial charge < -0.3 is 4.42 Å². The fraction of sp³-hybridized carbons (Fsp3) is 0. The van der Waals surface area contributed by atoms with Gasteiger partial charge in [-0.25, -0.2) is 0 Å². The number of nitro benzene ring substituents is 1. The first-order chi connectivity index (χ1) is 11.5. The lowest BCUT2D eigenvalue weighted by atomic mass is 10.2. The number of carbonyl (C=O) groups excluding carboxylic acids is 1. The quantitative estimate of drug-likeness (QED) is 0.273. The molecule has 3 rings (SSSR count). The highest BCUT2D eigenvalue weighted by Gasteiger charge is 2.32. The maximum absolute atomic E-state index is 12.4. The summed E-state index contributed by atoms with van der Waals surface area (Å²) in [6.45, 7) is 0. The van der Waals surface area contributed by atoms with Crippen molar-refractivity contribution in [2.75, 3.05) is 0 Å². The number of hydrazone groups is 1. The fourth-order valence-corrected chi connectivity index (χ4v) is 3.05. The normalized spacial score (nSPS) is 16.5. The molecule has 7 nitrogen and oxygen atoms in total. The maximum atomic E-state index is 12.4. The van der Waals surface area contributed by atoms with E-state index >= 15 is 0 Å². The van der Waals surface area contributed by atoms with Gasteiger partial charge in [0.25, 0.3) is 11.6 Å². The van der Waals surface area contributed by atoms with Gasteiger partial charge in [0.1, 0.15) is 5.76 Å². The number of furan rings is 1. The van der Waals surface area contributed by atoms with Gasteiger partial charge in [0.15, 0.2) is 4.32 Å². The Morgan fingerprint density at radius 1 is 1.29 bits per heavy atom. The molecule has 0 radical (unpaired) electrons. The highest BCUT2D eigenvalue weighted by molar-refractivity contribution is 8.26. The van der Waals surface area contributed by atoms with Gasteiger partial charge in [-0.15, -0.1) is 0 Å². The van der Waals surface area contributed by atoms with Gasteiger partial charge >= 0.3 is 0 Å². The van der Waals surface area contributed by atoms with Gasteiger partial charge in [-0.05, 0) is 48.1 Å². The number of thioether (sulfide) groups is 1. The summed E-state index contributed by atoms with van der Waals surface area (Å²) in [6, 6.07) is 9.30. The third-order valence-corrected chi connectivity index (χ3v) is 4.30. The van der Waals surface area contributed by atoms with Gasteiger partial charge in [-0.1, -0.05) is 11.8 Å². The minimum atomic E-state index is -0.480. The molecular weight excluding hydrogens is 350 g/mol. The second kappa shape index (κ2) is 6.77. The highest BCUT2D eigenvalue weighted by atomic mass is 32.2. The lowest BCUT2D eigenvalue weighted by molar-refractivity contribution is -0.384. The average molecular weight is 359 g/mol. The highest BCUT2D eigenvalue weighted by Crippen LogP contribution is 2.32. The standard InChI is InChI=1S/C15H9N3O4S2/c19-14-13(8-10-3-5-11(6-4-10)18(20)21)24-15(23)17(14)16-9-12-2-1-7-22-12/h1-9H/b13-8-,16-9-. The van der Waals surface area contributed by atoms with Crippen molar-refractivity contribution < 1.29 is 14.1 Å². The number of hydrogen-bond acceptors (Lipinski definition) is 7. The Morgan fingerprint density at radius 3 is 2.67 bits per heavy atom. The van der Waals surface area contributed by atoms with E-state index < -0.39 is 4.92 Å². The number of non-ortho nitro benzene ring substituents is 1. The SMILES string of the molecule is O=C1/C(=C/c2ccc([N+](=O)[O-])cc2)SC(=S)N1/N=C\c1ccco1. The molecule has 2 aromatic rings. The van der Waals surface area contributed by atoms with Crippen molar-refractivity contribution in [1.82, 2.24) is 5.01 Å². The van der Waals surface area contributed by atoms with Crippen molar-refractivity contribution in [2.24, 2.45) is 5.10 Å². The van der Waals surface area contributed by atoms with Crippen LogP contribution in [-0.2, 0) is 4.79 Å². The molecule has 2 heterocycles. The van der Waals surface area contributed by atoms with Crippen LogP contribution in [0.1, 0.15) is 11.3 Å². The Morgan fingerprint density at radius 2 is 2.04 bits per heavy atom. The van der Waals surface area contributed by atoms with Crippen LogP contribution in [0.2, 0.25) is 0 Å². The van der Waals surface area contributed by atoms with E-state index in [4.69, 9.17) is 16.6 Å². The minimum absolute atomic E-state index is 0.0113. The Labute approximate surface area is 145 Å². The van der Waals surface area contributed by atoms with E-state index in [0.29, 0.717) is 20.5 Å². The summed E-state index contributed by atoms with van der Waals surface area (Å²) in [6.07, 6.45) is 4.52. The summed E-state index contributed by atoms with van der Waals surface area (Å²) < 4.78 is 5.41. The topological polar surface area (TPSA) is 89.0 Å². The molecule has 0 bridgehead atoms. The lowest BCUT2D eigenvalue weighted by Gasteiger charge is -2.05. The van der Waals surface area contributed by atoms with E-state index in [-0.39, 0.29) is 11.6 Å². The number of hydrogen-bond donors (Lipinski definition) is 0. The van der Waals surface area contributed by atoms with Gasteiger partial charge in [0.2, 0.25) is 0 Å². The second-order valence-corrected chi connectivity index (χ2v) is 6.28. The fourth-order valence-electron chi connectivity index (χ4n) is 1.88. The minimum Gasteiger partial charge on any atom is -0.463 e. The van der Waals surface area contributed by atoms with Crippen molar-refractivity contribution in [3.8, 4) is 0 Å². The second-order valence-electron chi connectivity index (χ2n) is 4.60. The summed E-state index contributed by atoms with van der Waals surface area (Å²) >= 11 is 6.27. The van der Waals surface area contributed by atoms with Crippen molar-refractivity contribution >= 4 is 52.2 Å². The number of rotatable bonds is 4. The molecule has 24 heavy (non-hydrogen) atoms. The van der Waals surface area contributed by atoms with Crippen LogP contribution in [0.25, 0.3) is 6.08 Å². The molecule has 1 aromatic carbocycles. The Balaban J connectivity index is 1.79. The Kier molecular flexibility index (Phi) is 4.54. The largest absolute Gasteiger partial charge is 0.463 e. The molecule has 0 atom stereocenters. The number of nitro groups is 1. The van der Waals surface area contributed by atoms with Crippen molar-refractivity contribution in [1.29, 1.82) is 0 Å². The Hall–Kier alpha value is -2.78. The van der Waals surface area contributed by atoms with Crippen LogP contribution in [0.4, 0.5) is 5.69 Å². The van der Waals surface area contributed by atoms with Crippen LogP contribution in [0.15, 0.2) is 57.1 Å². The summed E-state index contributed by atoms with van der Waals surface area (Å²) in [5.74, 6) is 0.148. The molecule has 0 aliphatic carbocycles. The van der Waals surface area contributed by atoms with Crippen molar-refractivity contribution in [3.05, 3.63) is 69.0 Å². The van der Waals surface area contributed by atoms with Gasteiger partial charge in [0, 0.05) is 12.1 Å². The zero-order valence-electron chi connectivity index (χ0n) is 12.0. The van der Waals surface area contributed by atoms with E-state index in [1.807, 2.05) is 0 Å². The summed E-state index contributed by atoms with van der Waals surface area (Å²) in [7, 11) is 0. The number of carbonyl (C=O) groups is 1.